The second-order valence-electron chi connectivity index (χ2n) is 4.74. The summed E-state index contributed by atoms with van der Waals surface area (Å²) in [6, 6.07) is 0. The van der Waals surface area contributed by atoms with Crippen molar-refractivity contribution < 1.29 is 9.53 Å². The van der Waals surface area contributed by atoms with E-state index in [0.29, 0.717) is 12.5 Å². The third-order valence-electron chi connectivity index (χ3n) is 3.32. The van der Waals surface area contributed by atoms with Crippen LogP contribution in [-0.2, 0) is 9.53 Å². The molecule has 0 N–H and O–H groups in total. The molecule has 92 valence electrons. The average Bonchev–Trinajstić information content (AvgIpc) is 2.98. The van der Waals surface area contributed by atoms with E-state index < -0.39 is 0 Å². The number of ether oxygens (including phenoxy) is 1. The first-order valence-electron chi connectivity index (χ1n) is 6.54. The van der Waals surface area contributed by atoms with E-state index in [2.05, 4.69) is 13.8 Å². The van der Waals surface area contributed by atoms with Crippen LogP contribution in [0.25, 0.3) is 0 Å². The molecular weight excluding hydrogens is 200 g/mol. The van der Waals surface area contributed by atoms with Gasteiger partial charge in [0, 0.05) is 6.08 Å². The summed E-state index contributed by atoms with van der Waals surface area (Å²) >= 11 is 0. The first kappa shape index (κ1) is 13.3. The molecule has 0 saturated heterocycles. The van der Waals surface area contributed by atoms with Crippen LogP contribution < -0.4 is 0 Å². The van der Waals surface area contributed by atoms with Crippen LogP contribution in [0.4, 0.5) is 0 Å². The molecule has 1 aliphatic carbocycles. The Balaban J connectivity index is 2.24. The fraction of sp³-hybridized carbons (Fsp3) is 0.786. The van der Waals surface area contributed by atoms with Gasteiger partial charge in [0.15, 0.2) is 0 Å². The van der Waals surface area contributed by atoms with Crippen LogP contribution in [0, 0.1) is 11.8 Å². The van der Waals surface area contributed by atoms with E-state index in [1.165, 1.54) is 37.7 Å². The van der Waals surface area contributed by atoms with Crippen LogP contribution in [0.5, 0.6) is 0 Å². The first-order chi connectivity index (χ1) is 7.69. The van der Waals surface area contributed by atoms with Crippen molar-refractivity contribution in [2.45, 2.75) is 52.9 Å². The minimum Gasteiger partial charge on any atom is -0.463 e. The molecule has 0 unspecified atom stereocenters. The van der Waals surface area contributed by atoms with Gasteiger partial charge in [-0.1, -0.05) is 31.8 Å². The molecule has 0 bridgehead atoms. The molecule has 1 fully saturated rings. The van der Waals surface area contributed by atoms with Crippen molar-refractivity contribution in [1.29, 1.82) is 0 Å². The summed E-state index contributed by atoms with van der Waals surface area (Å²) in [6.45, 7) is 6.59. The largest absolute Gasteiger partial charge is 0.463 e. The maximum absolute atomic E-state index is 11.3. The van der Waals surface area contributed by atoms with E-state index in [9.17, 15) is 4.79 Å². The van der Waals surface area contributed by atoms with Gasteiger partial charge in [-0.05, 0) is 38.5 Å². The van der Waals surface area contributed by atoms with E-state index in [0.717, 1.165) is 5.92 Å². The summed E-state index contributed by atoms with van der Waals surface area (Å²) in [6.07, 6.45) is 8.23. The number of unbranched alkanes of at least 4 members (excludes halogenated alkanes) is 2. The molecule has 0 aromatic heterocycles. The standard InChI is InChI=1S/C14H24O2/c1-4-6-7-8-12-10-13(12)11(3)9-14(15)16-5-2/h9,12-13H,4-8,10H2,1-3H3/b11-9-/t12-,13+/m0/s1. The number of esters is 1. The van der Waals surface area contributed by atoms with Gasteiger partial charge in [0.2, 0.25) is 0 Å². The Hall–Kier alpha value is -0.790. The third kappa shape index (κ3) is 4.38. The number of rotatable bonds is 7. The molecule has 0 amide bonds. The van der Waals surface area contributed by atoms with Crippen molar-refractivity contribution in [3.05, 3.63) is 11.6 Å². The first-order valence-corrected chi connectivity index (χ1v) is 6.54. The fourth-order valence-electron chi connectivity index (χ4n) is 2.26. The molecule has 0 aliphatic heterocycles. The van der Waals surface area contributed by atoms with Crippen molar-refractivity contribution in [2.75, 3.05) is 6.61 Å². The normalized spacial score (nSPS) is 24.3. The minimum atomic E-state index is -0.181. The van der Waals surface area contributed by atoms with E-state index in [1.54, 1.807) is 6.08 Å². The van der Waals surface area contributed by atoms with Crippen LogP contribution >= 0.6 is 0 Å². The Morgan fingerprint density at radius 3 is 2.75 bits per heavy atom. The van der Waals surface area contributed by atoms with Crippen molar-refractivity contribution in [3.8, 4) is 0 Å². The highest BCUT2D eigenvalue weighted by Gasteiger charge is 2.37. The average molecular weight is 224 g/mol. The Bertz CT molecular complexity index is 255. The molecule has 1 rings (SSSR count). The molecule has 1 aliphatic rings. The van der Waals surface area contributed by atoms with Gasteiger partial charge in [0.25, 0.3) is 0 Å². The lowest BCUT2D eigenvalue weighted by Crippen LogP contribution is -2.01. The summed E-state index contributed by atoms with van der Waals surface area (Å²) < 4.78 is 4.91. The van der Waals surface area contributed by atoms with Crippen molar-refractivity contribution in [3.63, 3.8) is 0 Å². The lowest BCUT2D eigenvalue weighted by molar-refractivity contribution is -0.137. The molecule has 0 aromatic rings. The molecule has 2 atom stereocenters. The highest BCUT2D eigenvalue weighted by Crippen LogP contribution is 2.47. The molecule has 0 spiro atoms. The zero-order valence-electron chi connectivity index (χ0n) is 10.8. The topological polar surface area (TPSA) is 26.3 Å². The van der Waals surface area contributed by atoms with Crippen LogP contribution in [0.1, 0.15) is 52.9 Å². The number of carbonyl (C=O) groups excluding carboxylic acids is 1. The molecular formula is C14H24O2. The van der Waals surface area contributed by atoms with Crippen LogP contribution in [0.3, 0.4) is 0 Å². The zero-order valence-corrected chi connectivity index (χ0v) is 10.8. The Morgan fingerprint density at radius 1 is 1.38 bits per heavy atom. The van der Waals surface area contributed by atoms with Crippen LogP contribution in [0.15, 0.2) is 11.6 Å². The zero-order chi connectivity index (χ0) is 12.0. The van der Waals surface area contributed by atoms with Gasteiger partial charge in [-0.25, -0.2) is 4.79 Å². The van der Waals surface area contributed by atoms with Crippen molar-refractivity contribution in [2.24, 2.45) is 11.8 Å². The lowest BCUT2D eigenvalue weighted by atomic mass is 10.1. The lowest BCUT2D eigenvalue weighted by Gasteiger charge is -2.01. The Kier molecular flexibility index (Phi) is 5.58. The van der Waals surface area contributed by atoms with Crippen LogP contribution in [0.2, 0.25) is 0 Å². The third-order valence-corrected chi connectivity index (χ3v) is 3.32. The Morgan fingerprint density at radius 2 is 2.12 bits per heavy atom. The summed E-state index contributed by atoms with van der Waals surface area (Å²) in [5.74, 6) is 1.30. The second-order valence-corrected chi connectivity index (χ2v) is 4.74. The highest BCUT2D eigenvalue weighted by atomic mass is 16.5. The van der Waals surface area contributed by atoms with Gasteiger partial charge < -0.3 is 4.74 Å². The van der Waals surface area contributed by atoms with Gasteiger partial charge in [-0.15, -0.1) is 0 Å². The van der Waals surface area contributed by atoms with Gasteiger partial charge in [-0.2, -0.15) is 0 Å². The minimum absolute atomic E-state index is 0.181. The number of hydrogen-bond acceptors (Lipinski definition) is 2. The van der Waals surface area contributed by atoms with Gasteiger partial charge in [0.1, 0.15) is 0 Å². The van der Waals surface area contributed by atoms with E-state index >= 15 is 0 Å². The predicted octanol–water partition coefficient (Wildman–Crippen LogP) is 3.71. The van der Waals surface area contributed by atoms with Gasteiger partial charge in [-0.3, -0.25) is 0 Å². The molecule has 0 heterocycles. The summed E-state index contributed by atoms with van der Waals surface area (Å²) in [5.41, 5.74) is 1.21. The smallest absolute Gasteiger partial charge is 0.330 e. The molecule has 2 nitrogen and oxygen atoms in total. The number of allylic oxidation sites excluding steroid dienone is 1. The monoisotopic (exact) mass is 224 g/mol. The molecule has 0 aromatic carbocycles. The summed E-state index contributed by atoms with van der Waals surface area (Å²) in [4.78, 5) is 11.3. The maximum Gasteiger partial charge on any atom is 0.330 e. The number of carbonyl (C=O) groups is 1. The van der Waals surface area contributed by atoms with Crippen LogP contribution in [-0.4, -0.2) is 12.6 Å². The van der Waals surface area contributed by atoms with E-state index in [4.69, 9.17) is 4.74 Å². The summed E-state index contributed by atoms with van der Waals surface area (Å²) in [7, 11) is 0. The van der Waals surface area contributed by atoms with Crippen molar-refractivity contribution in [1.82, 2.24) is 0 Å². The van der Waals surface area contributed by atoms with E-state index in [-0.39, 0.29) is 5.97 Å². The Labute approximate surface area is 99.1 Å². The van der Waals surface area contributed by atoms with Crippen molar-refractivity contribution >= 4 is 5.97 Å². The molecule has 2 heteroatoms. The SMILES string of the molecule is CCCCC[C@H]1C[C@@H]1/C(C)=C\C(=O)OCC. The summed E-state index contributed by atoms with van der Waals surface area (Å²) in [5, 5.41) is 0. The molecule has 16 heavy (non-hydrogen) atoms. The maximum atomic E-state index is 11.3. The van der Waals surface area contributed by atoms with Gasteiger partial charge in [0.05, 0.1) is 6.61 Å². The van der Waals surface area contributed by atoms with E-state index in [1.807, 2.05) is 6.92 Å². The van der Waals surface area contributed by atoms with Gasteiger partial charge >= 0.3 is 5.97 Å². The highest BCUT2D eigenvalue weighted by molar-refractivity contribution is 5.82. The fourth-order valence-corrected chi connectivity index (χ4v) is 2.26. The predicted molar refractivity (Wildman–Crippen MR) is 66.1 cm³/mol. The quantitative estimate of drug-likeness (QED) is 0.374. The molecule has 1 saturated carbocycles. The number of hydrogen-bond donors (Lipinski definition) is 0. The molecule has 0 radical (unpaired) electrons. The second kappa shape index (κ2) is 6.72.